The van der Waals surface area contributed by atoms with Crippen LogP contribution in [-0.2, 0) is 9.84 Å². The Morgan fingerprint density at radius 3 is 2.78 bits per heavy atom. The maximum absolute atomic E-state index is 12.4. The number of sulfone groups is 1. The molecule has 0 bridgehead atoms. The number of hydrogen-bond donors (Lipinski definition) is 1. The van der Waals surface area contributed by atoms with Crippen molar-refractivity contribution in [1.29, 1.82) is 0 Å². The number of rotatable bonds is 3. The molecule has 1 saturated heterocycles. The van der Waals surface area contributed by atoms with E-state index < -0.39 is 9.84 Å². The van der Waals surface area contributed by atoms with Crippen LogP contribution in [-0.4, -0.2) is 33.9 Å². The van der Waals surface area contributed by atoms with Crippen molar-refractivity contribution >= 4 is 21.4 Å². The summed E-state index contributed by atoms with van der Waals surface area (Å²) >= 11 is 5.97. The lowest BCUT2D eigenvalue weighted by Gasteiger charge is -2.23. The molecule has 1 fully saturated rings. The minimum atomic E-state index is -3.31. The molecule has 4 nitrogen and oxygen atoms in total. The second-order valence-corrected chi connectivity index (χ2v) is 6.95. The molecule has 0 radical (unpaired) electrons. The van der Waals surface area contributed by atoms with E-state index in [0.717, 1.165) is 13.0 Å². The highest BCUT2D eigenvalue weighted by Crippen LogP contribution is 2.29. The van der Waals surface area contributed by atoms with Gasteiger partial charge in [-0.05, 0) is 37.6 Å². The highest BCUT2D eigenvalue weighted by Gasteiger charge is 2.29. The zero-order valence-electron chi connectivity index (χ0n) is 10.1. The van der Waals surface area contributed by atoms with Gasteiger partial charge in [0.2, 0.25) is 0 Å². The van der Waals surface area contributed by atoms with Gasteiger partial charge in [0.1, 0.15) is 5.75 Å². The highest BCUT2D eigenvalue weighted by atomic mass is 35.5. The monoisotopic (exact) mass is 289 g/mol. The van der Waals surface area contributed by atoms with Crippen LogP contribution in [0.15, 0.2) is 23.1 Å². The zero-order valence-corrected chi connectivity index (χ0v) is 11.7. The van der Waals surface area contributed by atoms with Crippen LogP contribution in [0.4, 0.5) is 0 Å². The fourth-order valence-electron chi connectivity index (χ4n) is 2.10. The summed E-state index contributed by atoms with van der Waals surface area (Å²) in [6.45, 7) is 1.39. The van der Waals surface area contributed by atoms with Crippen molar-refractivity contribution in [3.05, 3.63) is 23.2 Å². The summed E-state index contributed by atoms with van der Waals surface area (Å²) < 4.78 is 29.8. The molecule has 1 atom stereocenters. The number of ether oxygens (including phenoxy) is 1. The second-order valence-electron chi connectivity index (χ2n) is 4.31. The van der Waals surface area contributed by atoms with Crippen LogP contribution in [0, 0.1) is 0 Å². The molecular formula is C12H16ClNO3S. The molecule has 1 aliphatic rings. The summed E-state index contributed by atoms with van der Waals surface area (Å²) in [4.78, 5) is 0.266. The van der Waals surface area contributed by atoms with Gasteiger partial charge >= 0.3 is 0 Å². The van der Waals surface area contributed by atoms with Gasteiger partial charge in [0.25, 0.3) is 0 Å². The molecule has 1 heterocycles. The van der Waals surface area contributed by atoms with Gasteiger partial charge in [0, 0.05) is 6.54 Å². The van der Waals surface area contributed by atoms with Crippen LogP contribution < -0.4 is 10.1 Å². The van der Waals surface area contributed by atoms with E-state index in [9.17, 15) is 8.42 Å². The quantitative estimate of drug-likeness (QED) is 0.923. The van der Waals surface area contributed by atoms with Crippen LogP contribution >= 0.6 is 11.6 Å². The lowest BCUT2D eigenvalue weighted by molar-refractivity contribution is 0.414. The largest absolute Gasteiger partial charge is 0.495 e. The summed E-state index contributed by atoms with van der Waals surface area (Å²) in [6.07, 6.45) is 1.58. The van der Waals surface area contributed by atoms with Crippen LogP contribution in [0.5, 0.6) is 5.75 Å². The molecule has 100 valence electrons. The Morgan fingerprint density at radius 2 is 2.22 bits per heavy atom. The third-order valence-electron chi connectivity index (χ3n) is 3.14. The first kappa shape index (κ1) is 13.6. The van der Waals surface area contributed by atoms with Gasteiger partial charge in [0.05, 0.1) is 22.3 Å². The molecule has 0 aromatic heterocycles. The Hall–Kier alpha value is -0.780. The van der Waals surface area contributed by atoms with Gasteiger partial charge in [-0.15, -0.1) is 0 Å². The van der Waals surface area contributed by atoms with E-state index in [4.69, 9.17) is 16.3 Å². The van der Waals surface area contributed by atoms with Crippen molar-refractivity contribution in [2.24, 2.45) is 0 Å². The molecule has 0 spiro atoms. The Labute approximate surface area is 112 Å². The molecule has 18 heavy (non-hydrogen) atoms. The SMILES string of the molecule is COc1ccc(S(=O)(=O)C2CCCNC2)cc1Cl. The van der Waals surface area contributed by atoms with E-state index in [1.54, 1.807) is 12.1 Å². The van der Waals surface area contributed by atoms with Gasteiger partial charge in [-0.3, -0.25) is 0 Å². The normalized spacial score (nSPS) is 20.7. The Bertz CT molecular complexity index is 524. The van der Waals surface area contributed by atoms with Gasteiger partial charge in [-0.1, -0.05) is 11.6 Å². The van der Waals surface area contributed by atoms with E-state index in [1.807, 2.05) is 0 Å². The van der Waals surface area contributed by atoms with E-state index in [-0.39, 0.29) is 10.1 Å². The first-order valence-electron chi connectivity index (χ1n) is 5.84. The average Bonchev–Trinajstić information content (AvgIpc) is 2.39. The maximum atomic E-state index is 12.4. The summed E-state index contributed by atoms with van der Waals surface area (Å²) in [7, 11) is -1.81. The molecule has 6 heteroatoms. The topological polar surface area (TPSA) is 55.4 Å². The van der Waals surface area contributed by atoms with Crippen molar-refractivity contribution in [3.63, 3.8) is 0 Å². The first-order valence-corrected chi connectivity index (χ1v) is 7.76. The standard InChI is InChI=1S/C12H16ClNO3S/c1-17-12-5-4-9(7-11(12)13)18(15,16)10-3-2-6-14-8-10/h4-5,7,10,14H,2-3,6,8H2,1H3. The average molecular weight is 290 g/mol. The number of halogens is 1. The fourth-order valence-corrected chi connectivity index (χ4v) is 4.16. The lowest BCUT2D eigenvalue weighted by Crippen LogP contribution is -2.38. The van der Waals surface area contributed by atoms with Crippen LogP contribution in [0.2, 0.25) is 5.02 Å². The minimum Gasteiger partial charge on any atom is -0.495 e. The zero-order chi connectivity index (χ0) is 13.2. The number of hydrogen-bond acceptors (Lipinski definition) is 4. The molecular weight excluding hydrogens is 274 g/mol. The highest BCUT2D eigenvalue weighted by molar-refractivity contribution is 7.92. The predicted molar refractivity (Wildman–Crippen MR) is 71.1 cm³/mol. The number of piperidine rings is 1. The van der Waals surface area contributed by atoms with Crippen molar-refractivity contribution < 1.29 is 13.2 Å². The molecule has 1 aromatic carbocycles. The Morgan fingerprint density at radius 1 is 1.44 bits per heavy atom. The molecule has 1 N–H and O–H groups in total. The third-order valence-corrected chi connectivity index (χ3v) is 5.63. The lowest BCUT2D eigenvalue weighted by atomic mass is 10.2. The van der Waals surface area contributed by atoms with E-state index in [0.29, 0.717) is 23.7 Å². The second kappa shape index (κ2) is 5.47. The van der Waals surface area contributed by atoms with E-state index in [1.165, 1.54) is 13.2 Å². The number of nitrogens with one attached hydrogen (secondary N) is 1. The molecule has 1 aliphatic heterocycles. The van der Waals surface area contributed by atoms with Gasteiger partial charge in [0.15, 0.2) is 9.84 Å². The van der Waals surface area contributed by atoms with Crippen LogP contribution in [0.1, 0.15) is 12.8 Å². The molecule has 2 rings (SSSR count). The number of methoxy groups -OCH3 is 1. The van der Waals surface area contributed by atoms with Crippen molar-refractivity contribution in [2.45, 2.75) is 23.0 Å². The summed E-state index contributed by atoms with van der Waals surface area (Å²) in [5, 5.41) is 3.07. The van der Waals surface area contributed by atoms with Gasteiger partial charge in [-0.25, -0.2) is 8.42 Å². The smallest absolute Gasteiger partial charge is 0.182 e. The van der Waals surface area contributed by atoms with Crippen LogP contribution in [0.3, 0.4) is 0 Å². The van der Waals surface area contributed by atoms with Gasteiger partial charge in [-0.2, -0.15) is 0 Å². The van der Waals surface area contributed by atoms with Gasteiger partial charge < -0.3 is 10.1 Å². The predicted octanol–water partition coefficient (Wildman–Crippen LogP) is 1.87. The fraction of sp³-hybridized carbons (Fsp3) is 0.500. The van der Waals surface area contributed by atoms with Crippen molar-refractivity contribution in [2.75, 3.05) is 20.2 Å². The maximum Gasteiger partial charge on any atom is 0.182 e. The molecule has 0 aliphatic carbocycles. The Kier molecular flexibility index (Phi) is 4.14. The summed E-state index contributed by atoms with van der Waals surface area (Å²) in [5.74, 6) is 0.484. The third kappa shape index (κ3) is 2.63. The molecule has 1 unspecified atom stereocenters. The number of benzene rings is 1. The summed E-state index contributed by atoms with van der Waals surface area (Å²) in [5.41, 5.74) is 0. The van der Waals surface area contributed by atoms with Crippen molar-refractivity contribution in [1.82, 2.24) is 5.32 Å². The summed E-state index contributed by atoms with van der Waals surface area (Å²) in [6, 6.07) is 4.60. The molecule has 0 saturated carbocycles. The van der Waals surface area contributed by atoms with Crippen molar-refractivity contribution in [3.8, 4) is 5.75 Å². The van der Waals surface area contributed by atoms with Crippen LogP contribution in [0.25, 0.3) is 0 Å². The molecule has 1 aromatic rings. The van der Waals surface area contributed by atoms with E-state index in [2.05, 4.69) is 5.32 Å². The Balaban J connectivity index is 2.32. The minimum absolute atomic E-state index is 0.266. The molecule has 0 amide bonds. The first-order chi connectivity index (χ1) is 8.55. The van der Waals surface area contributed by atoms with E-state index >= 15 is 0 Å².